The van der Waals surface area contributed by atoms with Gasteiger partial charge in [0.15, 0.2) is 0 Å². The molecule has 74 valence electrons. The first-order chi connectivity index (χ1) is 6.77. The Labute approximate surface area is 86.7 Å². The van der Waals surface area contributed by atoms with Crippen molar-refractivity contribution in [2.24, 2.45) is 5.92 Å². The molecule has 0 bridgehead atoms. The molecule has 0 atom stereocenters. The monoisotopic (exact) mass is 186 g/mol. The van der Waals surface area contributed by atoms with E-state index in [0.29, 0.717) is 5.92 Å². The molecule has 0 saturated heterocycles. The van der Waals surface area contributed by atoms with Gasteiger partial charge in [0.1, 0.15) is 0 Å². The van der Waals surface area contributed by atoms with Gasteiger partial charge >= 0.3 is 0 Å². The number of hydrogen-bond donors (Lipinski definition) is 0. The lowest BCUT2D eigenvalue weighted by Crippen LogP contribution is -1.92. The van der Waals surface area contributed by atoms with E-state index in [4.69, 9.17) is 0 Å². The number of allylic oxidation sites excluding steroid dienone is 1. The topological polar surface area (TPSA) is 0 Å². The molecule has 0 aliphatic heterocycles. The fourth-order valence-electron chi connectivity index (χ4n) is 2.11. The van der Waals surface area contributed by atoms with Gasteiger partial charge in [0.25, 0.3) is 0 Å². The summed E-state index contributed by atoms with van der Waals surface area (Å²) < 4.78 is 0. The highest BCUT2D eigenvalue weighted by molar-refractivity contribution is 5.58. The van der Waals surface area contributed by atoms with Crippen LogP contribution in [0, 0.1) is 5.92 Å². The summed E-state index contributed by atoms with van der Waals surface area (Å²) in [6, 6.07) is 8.78. The first kappa shape index (κ1) is 9.51. The summed E-state index contributed by atoms with van der Waals surface area (Å²) in [5.74, 6) is 0.696. The average Bonchev–Trinajstić information content (AvgIpc) is 2.39. The van der Waals surface area contributed by atoms with E-state index in [2.05, 4.69) is 44.2 Å². The number of benzene rings is 1. The molecule has 0 spiro atoms. The van der Waals surface area contributed by atoms with Crippen LogP contribution < -0.4 is 0 Å². The van der Waals surface area contributed by atoms with Gasteiger partial charge in [-0.25, -0.2) is 0 Å². The molecule has 0 fully saturated rings. The van der Waals surface area contributed by atoms with E-state index in [1.165, 1.54) is 30.4 Å². The van der Waals surface area contributed by atoms with Gasteiger partial charge in [0, 0.05) is 0 Å². The van der Waals surface area contributed by atoms with Crippen LogP contribution in [0.3, 0.4) is 0 Å². The Morgan fingerprint density at radius 1 is 1.07 bits per heavy atom. The molecule has 0 radical (unpaired) electrons. The van der Waals surface area contributed by atoms with Crippen LogP contribution in [0.2, 0.25) is 0 Å². The van der Waals surface area contributed by atoms with E-state index >= 15 is 0 Å². The van der Waals surface area contributed by atoms with Crippen molar-refractivity contribution >= 4 is 6.08 Å². The molecule has 0 unspecified atom stereocenters. The summed E-state index contributed by atoms with van der Waals surface area (Å²) in [6.07, 6.45) is 6.21. The highest BCUT2D eigenvalue weighted by atomic mass is 14.1. The molecule has 1 aliphatic carbocycles. The Morgan fingerprint density at radius 3 is 2.64 bits per heavy atom. The third kappa shape index (κ3) is 1.89. The van der Waals surface area contributed by atoms with Crippen molar-refractivity contribution in [1.29, 1.82) is 0 Å². The van der Waals surface area contributed by atoms with Crippen LogP contribution >= 0.6 is 0 Å². The first-order valence-corrected chi connectivity index (χ1v) is 5.56. The van der Waals surface area contributed by atoms with Crippen molar-refractivity contribution < 1.29 is 0 Å². The first-order valence-electron chi connectivity index (χ1n) is 5.56. The van der Waals surface area contributed by atoms with Crippen LogP contribution in [0.1, 0.15) is 37.8 Å². The van der Waals surface area contributed by atoms with Gasteiger partial charge < -0.3 is 0 Å². The minimum atomic E-state index is 0.696. The SMILES string of the molecule is CC(C)C1=Cc2ccccc2CCC1. The molecule has 0 heterocycles. The molecule has 0 N–H and O–H groups in total. The molecule has 1 aromatic rings. The van der Waals surface area contributed by atoms with Crippen LogP contribution in [-0.2, 0) is 6.42 Å². The maximum absolute atomic E-state index is 2.40. The minimum absolute atomic E-state index is 0.696. The summed E-state index contributed by atoms with van der Waals surface area (Å²) >= 11 is 0. The molecule has 0 amide bonds. The van der Waals surface area contributed by atoms with Crippen LogP contribution in [0.15, 0.2) is 29.8 Å². The van der Waals surface area contributed by atoms with Gasteiger partial charge in [-0.15, -0.1) is 0 Å². The lowest BCUT2D eigenvalue weighted by Gasteiger charge is -2.08. The molecule has 2 rings (SSSR count). The van der Waals surface area contributed by atoms with Crippen molar-refractivity contribution in [2.45, 2.75) is 33.1 Å². The van der Waals surface area contributed by atoms with Gasteiger partial charge in [-0.2, -0.15) is 0 Å². The summed E-state index contributed by atoms with van der Waals surface area (Å²) in [5, 5.41) is 0. The van der Waals surface area contributed by atoms with E-state index < -0.39 is 0 Å². The van der Waals surface area contributed by atoms with Crippen molar-refractivity contribution in [3.8, 4) is 0 Å². The third-order valence-electron chi connectivity index (χ3n) is 3.05. The van der Waals surface area contributed by atoms with Crippen LogP contribution in [0.4, 0.5) is 0 Å². The third-order valence-corrected chi connectivity index (χ3v) is 3.05. The summed E-state index contributed by atoms with van der Waals surface area (Å²) in [5.41, 5.74) is 4.56. The van der Waals surface area contributed by atoms with E-state index in [0.717, 1.165) is 0 Å². The van der Waals surface area contributed by atoms with Crippen molar-refractivity contribution in [3.63, 3.8) is 0 Å². The highest BCUT2D eigenvalue weighted by Crippen LogP contribution is 2.26. The minimum Gasteiger partial charge on any atom is -0.0670 e. The Morgan fingerprint density at radius 2 is 1.86 bits per heavy atom. The standard InChI is InChI=1S/C14H18/c1-11(2)13-9-5-8-12-6-3-4-7-14(12)10-13/h3-4,6-7,10-11H,5,8-9H2,1-2H3. The van der Waals surface area contributed by atoms with Crippen LogP contribution in [0.5, 0.6) is 0 Å². The van der Waals surface area contributed by atoms with Gasteiger partial charge in [-0.05, 0) is 36.3 Å². The van der Waals surface area contributed by atoms with Gasteiger partial charge in [-0.1, -0.05) is 49.8 Å². The van der Waals surface area contributed by atoms with E-state index in [1.807, 2.05) is 0 Å². The zero-order valence-electron chi connectivity index (χ0n) is 9.09. The van der Waals surface area contributed by atoms with E-state index in [-0.39, 0.29) is 0 Å². The van der Waals surface area contributed by atoms with Gasteiger partial charge in [-0.3, -0.25) is 0 Å². The maximum Gasteiger partial charge on any atom is -0.0225 e. The number of rotatable bonds is 1. The average molecular weight is 186 g/mol. The molecular weight excluding hydrogens is 168 g/mol. The largest absolute Gasteiger partial charge is 0.0670 e. The lowest BCUT2D eigenvalue weighted by molar-refractivity contribution is 0.693. The number of hydrogen-bond acceptors (Lipinski definition) is 0. The second-order valence-electron chi connectivity index (χ2n) is 4.43. The van der Waals surface area contributed by atoms with Gasteiger partial charge in [0.05, 0.1) is 0 Å². The zero-order chi connectivity index (χ0) is 9.97. The van der Waals surface area contributed by atoms with E-state index in [9.17, 15) is 0 Å². The van der Waals surface area contributed by atoms with E-state index in [1.54, 1.807) is 5.57 Å². The Balaban J connectivity index is 2.39. The normalized spacial score (nSPS) is 16.1. The smallest absolute Gasteiger partial charge is 0.0225 e. The fraction of sp³-hybridized carbons (Fsp3) is 0.429. The summed E-state index contributed by atoms with van der Waals surface area (Å²) in [6.45, 7) is 4.58. The number of aryl methyl sites for hydroxylation is 1. The molecular formula is C14H18. The fourth-order valence-corrected chi connectivity index (χ4v) is 2.11. The molecule has 0 aromatic heterocycles. The Kier molecular flexibility index (Phi) is 2.72. The van der Waals surface area contributed by atoms with Crippen molar-refractivity contribution in [2.75, 3.05) is 0 Å². The molecule has 14 heavy (non-hydrogen) atoms. The summed E-state index contributed by atoms with van der Waals surface area (Å²) in [4.78, 5) is 0. The second-order valence-corrected chi connectivity index (χ2v) is 4.43. The Bertz CT molecular complexity index is 345. The predicted octanol–water partition coefficient (Wildman–Crippen LogP) is 4.06. The molecule has 0 saturated carbocycles. The second kappa shape index (κ2) is 4.00. The summed E-state index contributed by atoms with van der Waals surface area (Å²) in [7, 11) is 0. The van der Waals surface area contributed by atoms with Crippen LogP contribution in [-0.4, -0.2) is 0 Å². The number of fused-ring (bicyclic) bond motifs is 1. The highest BCUT2D eigenvalue weighted by Gasteiger charge is 2.09. The predicted molar refractivity (Wildman–Crippen MR) is 62.2 cm³/mol. The van der Waals surface area contributed by atoms with Crippen molar-refractivity contribution in [1.82, 2.24) is 0 Å². The molecule has 0 heteroatoms. The zero-order valence-corrected chi connectivity index (χ0v) is 9.09. The lowest BCUT2D eigenvalue weighted by atomic mass is 9.98. The molecule has 0 nitrogen and oxygen atoms in total. The molecule has 1 aliphatic rings. The molecule has 1 aromatic carbocycles. The van der Waals surface area contributed by atoms with Gasteiger partial charge in [0.2, 0.25) is 0 Å². The Hall–Kier alpha value is -1.04. The van der Waals surface area contributed by atoms with Crippen LogP contribution in [0.25, 0.3) is 6.08 Å². The quantitative estimate of drug-likeness (QED) is 0.620. The maximum atomic E-state index is 2.40. The van der Waals surface area contributed by atoms with Crippen molar-refractivity contribution in [3.05, 3.63) is 41.0 Å².